The zero-order chi connectivity index (χ0) is 24.3. The number of dihydropyridines is 1. The number of hydrogen-bond acceptors (Lipinski definition) is 7. The van der Waals surface area contributed by atoms with Gasteiger partial charge in [0.25, 0.3) is 0 Å². The molecule has 3 aliphatic rings. The first-order valence-electron chi connectivity index (χ1n) is 11.6. The maximum absolute atomic E-state index is 9.92. The molecule has 8 heteroatoms. The lowest BCUT2D eigenvalue weighted by molar-refractivity contribution is 0.0445. The number of nitrogens with two attached hydrogens (primary N) is 2. The van der Waals surface area contributed by atoms with E-state index in [9.17, 15) is 5.11 Å². The average Bonchev–Trinajstić information content (AvgIpc) is 2.80. The fraction of sp³-hybridized carbons (Fsp3) is 0.346. The van der Waals surface area contributed by atoms with Gasteiger partial charge in [-0.2, -0.15) is 0 Å². The van der Waals surface area contributed by atoms with Gasteiger partial charge in [0.15, 0.2) is 5.88 Å². The molecule has 0 unspecified atom stereocenters. The van der Waals surface area contributed by atoms with Crippen molar-refractivity contribution in [3.8, 4) is 5.75 Å². The topological polar surface area (TPSA) is 150 Å². The number of rotatable bonds is 6. The number of aliphatic hydroxyl groups is 1. The van der Waals surface area contributed by atoms with E-state index in [0.717, 1.165) is 50.2 Å². The maximum atomic E-state index is 9.92. The Balaban J connectivity index is 0.000000396. The minimum Gasteiger partial charge on any atom is -0.507 e. The predicted molar refractivity (Wildman–Crippen MR) is 136 cm³/mol. The van der Waals surface area contributed by atoms with Crippen LogP contribution >= 0.6 is 0 Å². The minimum absolute atomic E-state index is 0.0266. The molecular weight excluding hydrogens is 430 g/mol. The first-order chi connectivity index (χ1) is 16.4. The molecule has 34 heavy (non-hydrogen) atoms. The van der Waals surface area contributed by atoms with E-state index in [2.05, 4.69) is 10.6 Å². The molecule has 1 aliphatic carbocycles. The number of ether oxygens (including phenoxy) is 1. The number of amidine groups is 1. The Morgan fingerprint density at radius 3 is 2.44 bits per heavy atom. The fourth-order valence-corrected chi connectivity index (χ4v) is 3.47. The van der Waals surface area contributed by atoms with Gasteiger partial charge in [-0.15, -0.1) is 0 Å². The molecule has 0 aromatic heterocycles. The normalized spacial score (nSPS) is 20.5. The van der Waals surface area contributed by atoms with Crippen molar-refractivity contribution in [2.45, 2.75) is 44.3 Å². The maximum Gasteiger partial charge on any atom is 0.191 e. The highest BCUT2D eigenvalue weighted by molar-refractivity contribution is 5.99. The summed E-state index contributed by atoms with van der Waals surface area (Å²) < 4.78 is 5.86. The molecule has 1 saturated heterocycles. The van der Waals surface area contributed by atoms with Crippen molar-refractivity contribution in [2.75, 3.05) is 13.1 Å². The van der Waals surface area contributed by atoms with Gasteiger partial charge in [-0.3, -0.25) is 5.41 Å². The smallest absolute Gasteiger partial charge is 0.191 e. The number of phenols is 1. The molecule has 1 aromatic carbocycles. The highest BCUT2D eigenvalue weighted by Gasteiger charge is 2.20. The van der Waals surface area contributed by atoms with Crippen LogP contribution in [0.25, 0.3) is 5.70 Å². The van der Waals surface area contributed by atoms with Crippen molar-refractivity contribution in [1.29, 1.82) is 5.41 Å². The van der Waals surface area contributed by atoms with E-state index in [1.807, 2.05) is 24.4 Å². The van der Waals surface area contributed by atoms with E-state index >= 15 is 0 Å². The van der Waals surface area contributed by atoms with Crippen LogP contribution in [0.2, 0.25) is 0 Å². The van der Waals surface area contributed by atoms with Gasteiger partial charge in [0.2, 0.25) is 0 Å². The summed E-state index contributed by atoms with van der Waals surface area (Å²) in [7, 11) is 0. The highest BCUT2D eigenvalue weighted by Crippen LogP contribution is 2.25. The Morgan fingerprint density at radius 1 is 1.12 bits per heavy atom. The fourth-order valence-electron chi connectivity index (χ4n) is 3.47. The van der Waals surface area contributed by atoms with Crippen LogP contribution in [0.4, 0.5) is 0 Å². The van der Waals surface area contributed by atoms with Crippen LogP contribution < -0.4 is 22.1 Å². The van der Waals surface area contributed by atoms with Gasteiger partial charge in [0, 0.05) is 29.1 Å². The minimum atomic E-state index is -0.113. The summed E-state index contributed by atoms with van der Waals surface area (Å²) in [5.41, 5.74) is 14.0. The Bertz CT molecular complexity index is 999. The van der Waals surface area contributed by atoms with Crippen molar-refractivity contribution in [2.24, 2.45) is 11.5 Å². The summed E-state index contributed by atoms with van der Waals surface area (Å²) in [5, 5.41) is 32.8. The van der Waals surface area contributed by atoms with E-state index in [0.29, 0.717) is 22.9 Å². The Kier molecular flexibility index (Phi) is 9.37. The molecule has 1 saturated carbocycles. The molecular formula is C26H35N5O3. The molecule has 182 valence electrons. The number of hydrogen-bond donors (Lipinski definition) is 7. The van der Waals surface area contributed by atoms with E-state index in [-0.39, 0.29) is 17.7 Å². The molecule has 0 atom stereocenters. The van der Waals surface area contributed by atoms with Crippen molar-refractivity contribution < 1.29 is 14.9 Å². The number of phenolic OH excluding ortho intramolecular Hbond substituents is 1. The first-order valence-corrected chi connectivity index (χ1v) is 11.6. The zero-order valence-corrected chi connectivity index (χ0v) is 19.3. The molecule has 8 nitrogen and oxygen atoms in total. The van der Waals surface area contributed by atoms with Crippen LogP contribution in [0.3, 0.4) is 0 Å². The van der Waals surface area contributed by atoms with Gasteiger partial charge >= 0.3 is 0 Å². The third-order valence-corrected chi connectivity index (χ3v) is 5.75. The molecule has 2 aliphatic heterocycles. The van der Waals surface area contributed by atoms with E-state index in [1.54, 1.807) is 36.4 Å². The first kappa shape index (κ1) is 25.1. The molecule has 0 radical (unpaired) electrons. The van der Waals surface area contributed by atoms with Crippen molar-refractivity contribution >= 4 is 11.5 Å². The van der Waals surface area contributed by atoms with Crippen LogP contribution in [0.5, 0.6) is 5.75 Å². The lowest BCUT2D eigenvalue weighted by atomic mass is 9.96. The number of piperidine rings is 1. The number of para-hydroxylation sites is 1. The predicted octanol–water partition coefficient (Wildman–Crippen LogP) is 2.74. The number of nitrogens with one attached hydrogen (secondary N) is 3. The quantitative estimate of drug-likeness (QED) is 0.194. The summed E-state index contributed by atoms with van der Waals surface area (Å²) in [6.45, 7) is 1.97. The number of allylic oxidation sites excluding steroid dienone is 5. The van der Waals surface area contributed by atoms with Crippen LogP contribution in [-0.4, -0.2) is 41.3 Å². The number of benzene rings is 1. The van der Waals surface area contributed by atoms with Crippen molar-refractivity contribution in [1.82, 2.24) is 10.6 Å². The number of aromatic hydroxyl groups is 1. The molecule has 9 N–H and O–H groups in total. The lowest BCUT2D eigenvalue weighted by Crippen LogP contribution is -2.30. The van der Waals surface area contributed by atoms with Crippen LogP contribution in [0.15, 0.2) is 77.9 Å². The largest absolute Gasteiger partial charge is 0.507 e. The van der Waals surface area contributed by atoms with Gasteiger partial charge in [-0.05, 0) is 75.1 Å². The van der Waals surface area contributed by atoms with Crippen molar-refractivity contribution in [3.63, 3.8) is 0 Å². The SMILES string of the molecule is N=C(N)C(=C\C=C1/C=CNC(OC2CCC2)=C1)/C=C(\N)c1ccccc1O.OC1CCNCC1. The van der Waals surface area contributed by atoms with Gasteiger partial charge in [0.1, 0.15) is 17.7 Å². The summed E-state index contributed by atoms with van der Waals surface area (Å²) in [5.74, 6) is 0.683. The van der Waals surface area contributed by atoms with Crippen LogP contribution in [-0.2, 0) is 4.74 Å². The Labute approximate surface area is 200 Å². The molecule has 0 bridgehead atoms. The number of aliphatic hydroxyl groups excluding tert-OH is 1. The third kappa shape index (κ3) is 7.83. The van der Waals surface area contributed by atoms with Gasteiger partial charge in [-0.1, -0.05) is 24.3 Å². The molecule has 1 aromatic rings. The Hall–Kier alpha value is -3.49. The van der Waals surface area contributed by atoms with Crippen LogP contribution in [0.1, 0.15) is 37.7 Å². The molecule has 0 amide bonds. The molecule has 0 spiro atoms. The van der Waals surface area contributed by atoms with Crippen LogP contribution in [0, 0.1) is 5.41 Å². The third-order valence-electron chi connectivity index (χ3n) is 5.75. The second-order valence-corrected chi connectivity index (χ2v) is 8.46. The molecule has 4 rings (SSSR count). The summed E-state index contributed by atoms with van der Waals surface area (Å²) in [4.78, 5) is 0. The van der Waals surface area contributed by atoms with Gasteiger partial charge < -0.3 is 37.1 Å². The second-order valence-electron chi connectivity index (χ2n) is 8.46. The zero-order valence-electron chi connectivity index (χ0n) is 19.3. The second kappa shape index (κ2) is 12.7. The van der Waals surface area contributed by atoms with E-state index in [4.69, 9.17) is 26.7 Å². The van der Waals surface area contributed by atoms with Crippen molar-refractivity contribution in [3.05, 3.63) is 83.4 Å². The Morgan fingerprint density at radius 2 is 1.85 bits per heavy atom. The van der Waals surface area contributed by atoms with E-state index < -0.39 is 0 Å². The summed E-state index contributed by atoms with van der Waals surface area (Å²) in [6, 6.07) is 6.77. The molecule has 2 fully saturated rings. The lowest BCUT2D eigenvalue weighted by Gasteiger charge is -2.28. The monoisotopic (exact) mass is 465 g/mol. The molecule has 2 heterocycles. The van der Waals surface area contributed by atoms with Gasteiger partial charge in [-0.25, -0.2) is 0 Å². The van der Waals surface area contributed by atoms with Gasteiger partial charge in [0.05, 0.1) is 6.10 Å². The summed E-state index contributed by atoms with van der Waals surface area (Å²) >= 11 is 0. The summed E-state index contributed by atoms with van der Waals surface area (Å²) in [6.07, 6.45) is 16.3. The average molecular weight is 466 g/mol. The highest BCUT2D eigenvalue weighted by atomic mass is 16.5. The standard InChI is InChI=1S/C21H24N4O2.C5H11NO/c22-18(17-6-1-2-7-19(17)26)13-15(21(23)24)9-8-14-10-11-25-20(12-14)27-16-4-3-5-16;7-5-1-3-6-4-2-5/h1-2,6-13,16,25-26H,3-5,22H2,(H3,23,24);5-7H,1-4H2/b14-8+,15-9-,18-13-;. The van der Waals surface area contributed by atoms with E-state index in [1.165, 1.54) is 6.42 Å².